The van der Waals surface area contributed by atoms with E-state index in [0.29, 0.717) is 19.0 Å². The highest BCUT2D eigenvalue weighted by molar-refractivity contribution is 5.75. The molecule has 0 spiro atoms. The van der Waals surface area contributed by atoms with Gasteiger partial charge in [0.15, 0.2) is 0 Å². The van der Waals surface area contributed by atoms with Gasteiger partial charge in [0.1, 0.15) is 5.78 Å². The Hall–Kier alpha value is -0.410. The summed E-state index contributed by atoms with van der Waals surface area (Å²) in [4.78, 5) is 10.7. The molecule has 16 heavy (non-hydrogen) atoms. The van der Waals surface area contributed by atoms with Crippen LogP contribution in [0.25, 0.3) is 0 Å². The second-order valence-electron chi connectivity index (χ2n) is 4.09. The van der Waals surface area contributed by atoms with E-state index in [1.165, 1.54) is 0 Å². The van der Waals surface area contributed by atoms with Crippen LogP contribution in [-0.4, -0.2) is 32.2 Å². The predicted octanol–water partition coefficient (Wildman–Crippen LogP) is 2.97. The molecule has 0 aliphatic carbocycles. The predicted molar refractivity (Wildman–Crippen MR) is 65.7 cm³/mol. The van der Waals surface area contributed by atoms with Gasteiger partial charge in [0.2, 0.25) is 0 Å². The van der Waals surface area contributed by atoms with Gasteiger partial charge >= 0.3 is 0 Å². The zero-order valence-electron chi connectivity index (χ0n) is 10.8. The van der Waals surface area contributed by atoms with Crippen molar-refractivity contribution in [2.45, 2.75) is 52.4 Å². The average Bonchev–Trinajstić information content (AvgIpc) is 2.25. The van der Waals surface area contributed by atoms with Gasteiger partial charge in [-0.2, -0.15) is 0 Å². The molecule has 3 heteroatoms. The van der Waals surface area contributed by atoms with Crippen LogP contribution in [0.1, 0.15) is 52.4 Å². The molecule has 0 saturated heterocycles. The third-order valence-electron chi connectivity index (χ3n) is 2.29. The molecule has 0 rings (SSSR count). The van der Waals surface area contributed by atoms with Gasteiger partial charge in [-0.25, -0.2) is 0 Å². The minimum Gasteiger partial charge on any atom is -0.379 e. The maximum Gasteiger partial charge on any atom is 0.129 e. The lowest BCUT2D eigenvalue weighted by Crippen LogP contribution is -2.05. The largest absolute Gasteiger partial charge is 0.379 e. The number of Topliss-reactive ketones (excluding diaryl/α,β-unsaturated/α-hetero) is 1. The smallest absolute Gasteiger partial charge is 0.129 e. The lowest BCUT2D eigenvalue weighted by atomic mass is 10.1. The van der Waals surface area contributed by atoms with Crippen LogP contribution in [-0.2, 0) is 14.3 Å². The summed E-state index contributed by atoms with van der Waals surface area (Å²) in [6.45, 7) is 6.80. The number of ether oxygens (including phenoxy) is 2. The van der Waals surface area contributed by atoms with Crippen LogP contribution < -0.4 is 0 Å². The van der Waals surface area contributed by atoms with E-state index in [1.807, 2.05) is 0 Å². The summed E-state index contributed by atoms with van der Waals surface area (Å²) in [6.07, 6.45) is 6.20. The van der Waals surface area contributed by atoms with Gasteiger partial charge in [-0.05, 0) is 26.2 Å². The maximum atomic E-state index is 10.7. The van der Waals surface area contributed by atoms with Gasteiger partial charge in [-0.15, -0.1) is 0 Å². The van der Waals surface area contributed by atoms with E-state index < -0.39 is 0 Å². The van der Waals surface area contributed by atoms with Crippen molar-refractivity contribution in [2.75, 3.05) is 26.4 Å². The van der Waals surface area contributed by atoms with Crippen molar-refractivity contribution >= 4 is 5.78 Å². The zero-order valence-corrected chi connectivity index (χ0v) is 10.8. The van der Waals surface area contributed by atoms with Crippen molar-refractivity contribution in [3.8, 4) is 0 Å². The molecule has 0 radical (unpaired) electrons. The van der Waals surface area contributed by atoms with E-state index in [4.69, 9.17) is 9.47 Å². The summed E-state index contributed by atoms with van der Waals surface area (Å²) in [5, 5.41) is 0. The van der Waals surface area contributed by atoms with Crippen molar-refractivity contribution < 1.29 is 14.3 Å². The number of carbonyl (C=O) groups is 1. The van der Waals surface area contributed by atoms with E-state index in [1.54, 1.807) is 6.92 Å². The highest BCUT2D eigenvalue weighted by atomic mass is 16.5. The second kappa shape index (κ2) is 12.7. The molecule has 0 aromatic rings. The minimum absolute atomic E-state index is 0.296. The Morgan fingerprint density at radius 1 is 0.875 bits per heavy atom. The van der Waals surface area contributed by atoms with Crippen LogP contribution in [0.5, 0.6) is 0 Å². The maximum absolute atomic E-state index is 10.7. The molecule has 0 aliphatic heterocycles. The fourth-order valence-corrected chi connectivity index (χ4v) is 1.40. The van der Waals surface area contributed by atoms with Gasteiger partial charge in [-0.3, -0.25) is 0 Å². The molecule has 0 aromatic heterocycles. The molecule has 0 aromatic carbocycles. The van der Waals surface area contributed by atoms with Gasteiger partial charge < -0.3 is 14.3 Å². The highest BCUT2D eigenvalue weighted by Gasteiger charge is 1.94. The van der Waals surface area contributed by atoms with Crippen molar-refractivity contribution in [1.29, 1.82) is 0 Å². The first-order valence-electron chi connectivity index (χ1n) is 6.42. The van der Waals surface area contributed by atoms with Crippen molar-refractivity contribution in [3.05, 3.63) is 0 Å². The quantitative estimate of drug-likeness (QED) is 0.483. The Labute approximate surface area is 99.5 Å². The number of hydrogen-bond donors (Lipinski definition) is 0. The van der Waals surface area contributed by atoms with Crippen LogP contribution in [0, 0.1) is 0 Å². The van der Waals surface area contributed by atoms with Crippen LogP contribution in [0.15, 0.2) is 0 Å². The van der Waals surface area contributed by atoms with E-state index in [9.17, 15) is 4.79 Å². The van der Waals surface area contributed by atoms with Gasteiger partial charge in [-0.1, -0.05) is 19.8 Å². The Bertz CT molecular complexity index is 157. The lowest BCUT2D eigenvalue weighted by Gasteiger charge is -2.04. The Kier molecular flexibility index (Phi) is 12.3. The van der Waals surface area contributed by atoms with E-state index in [-0.39, 0.29) is 0 Å². The first-order chi connectivity index (χ1) is 7.77. The molecule has 0 unspecified atom stereocenters. The van der Waals surface area contributed by atoms with Crippen LogP contribution in [0.4, 0.5) is 0 Å². The molecule has 0 atom stereocenters. The normalized spacial score (nSPS) is 10.6. The molecular formula is C13H26O3. The van der Waals surface area contributed by atoms with Gasteiger partial charge in [0, 0.05) is 19.6 Å². The van der Waals surface area contributed by atoms with Crippen LogP contribution in [0.3, 0.4) is 0 Å². The molecule has 0 amide bonds. The summed E-state index contributed by atoms with van der Waals surface area (Å²) >= 11 is 0. The molecule has 0 bridgehead atoms. The van der Waals surface area contributed by atoms with E-state index in [2.05, 4.69) is 6.92 Å². The standard InChI is InChI=1S/C13H26O3/c1-3-9-15-11-12-16-10-7-5-4-6-8-13(2)14/h3-12H2,1-2H3. The number of unbranched alkanes of at least 4 members (excludes halogenated alkanes) is 3. The SMILES string of the molecule is CCCOCCOCCCCCCC(C)=O. The van der Waals surface area contributed by atoms with Crippen molar-refractivity contribution in [2.24, 2.45) is 0 Å². The van der Waals surface area contributed by atoms with E-state index in [0.717, 1.165) is 51.7 Å². The Morgan fingerprint density at radius 2 is 1.50 bits per heavy atom. The minimum atomic E-state index is 0.296. The molecule has 0 N–H and O–H groups in total. The van der Waals surface area contributed by atoms with Crippen LogP contribution in [0.2, 0.25) is 0 Å². The third kappa shape index (κ3) is 13.6. The van der Waals surface area contributed by atoms with Gasteiger partial charge in [0.25, 0.3) is 0 Å². The summed E-state index contributed by atoms with van der Waals surface area (Å²) in [5.41, 5.74) is 0. The molecule has 3 nitrogen and oxygen atoms in total. The molecule has 0 fully saturated rings. The topological polar surface area (TPSA) is 35.5 Å². The number of carbonyl (C=O) groups excluding carboxylic acids is 1. The van der Waals surface area contributed by atoms with E-state index >= 15 is 0 Å². The highest BCUT2D eigenvalue weighted by Crippen LogP contribution is 2.03. The summed E-state index contributed by atoms with van der Waals surface area (Å²) < 4.78 is 10.7. The number of hydrogen-bond acceptors (Lipinski definition) is 3. The molecule has 0 saturated carbocycles. The number of rotatable bonds is 12. The molecule has 0 heterocycles. The Balaban J connectivity index is 2.90. The molecular weight excluding hydrogens is 204 g/mol. The van der Waals surface area contributed by atoms with Crippen LogP contribution >= 0.6 is 0 Å². The average molecular weight is 230 g/mol. The first kappa shape index (κ1) is 15.6. The summed E-state index contributed by atoms with van der Waals surface area (Å²) in [5.74, 6) is 0.296. The van der Waals surface area contributed by atoms with Gasteiger partial charge in [0.05, 0.1) is 13.2 Å². The van der Waals surface area contributed by atoms with Crippen molar-refractivity contribution in [1.82, 2.24) is 0 Å². The zero-order chi connectivity index (χ0) is 12.1. The van der Waals surface area contributed by atoms with Crippen molar-refractivity contribution in [3.63, 3.8) is 0 Å². The third-order valence-corrected chi connectivity index (χ3v) is 2.29. The summed E-state index contributed by atoms with van der Waals surface area (Å²) in [6, 6.07) is 0. The Morgan fingerprint density at radius 3 is 2.12 bits per heavy atom. The molecule has 0 aliphatic rings. The fourth-order valence-electron chi connectivity index (χ4n) is 1.40. The number of ketones is 1. The first-order valence-corrected chi connectivity index (χ1v) is 6.42. The second-order valence-corrected chi connectivity index (χ2v) is 4.09. The summed E-state index contributed by atoms with van der Waals surface area (Å²) in [7, 11) is 0. The fraction of sp³-hybridized carbons (Fsp3) is 0.923. The lowest BCUT2D eigenvalue weighted by molar-refractivity contribution is -0.117. The molecule has 96 valence electrons. The monoisotopic (exact) mass is 230 g/mol.